The van der Waals surface area contributed by atoms with E-state index in [0.717, 1.165) is 44.8 Å². The topological polar surface area (TPSA) is 203 Å². The van der Waals surface area contributed by atoms with Crippen molar-refractivity contribution in [2.45, 2.75) is 58.9 Å². The maximum absolute atomic E-state index is 11.8. The third-order valence-corrected chi connectivity index (χ3v) is 24.3. The van der Waals surface area contributed by atoms with Crippen LogP contribution in [0.4, 0.5) is 45.5 Å². The van der Waals surface area contributed by atoms with Gasteiger partial charge >= 0.3 is 0 Å². The average Bonchev–Trinajstić information content (AvgIpc) is 0.772. The number of nitrogens with zero attached hydrogens (tertiary/aromatic N) is 6. The van der Waals surface area contributed by atoms with E-state index < -0.39 is 19.7 Å². The lowest BCUT2D eigenvalue weighted by Gasteiger charge is -2.30. The summed E-state index contributed by atoms with van der Waals surface area (Å²) in [6.07, 6.45) is 0. The number of non-ortho nitro benzene ring substituents is 4. The van der Waals surface area contributed by atoms with Gasteiger partial charge in [0.1, 0.15) is 0 Å². The van der Waals surface area contributed by atoms with Gasteiger partial charge in [0.05, 0.1) is 59.9 Å². The molecule has 14 aromatic carbocycles. The lowest BCUT2D eigenvalue weighted by Crippen LogP contribution is -2.23. The number of nitro groups is 4. The molecule has 0 aliphatic heterocycles. The molecule has 116 heavy (non-hydrogen) atoms. The first-order valence-corrected chi connectivity index (χ1v) is 40.4. The van der Waals surface area contributed by atoms with E-state index in [1.54, 1.807) is 24.3 Å². The van der Waals surface area contributed by atoms with Crippen LogP contribution in [0.3, 0.4) is 0 Å². The Bertz CT molecular complexity index is 5520. The molecular weight excluding hydrogens is 1670 g/mol. The molecule has 0 saturated heterocycles. The van der Waals surface area contributed by atoms with Crippen LogP contribution in [0, 0.1) is 40.5 Å². The molecular formula is C90H64Cl8N8O8S2. The molecule has 0 bridgehead atoms. The zero-order valence-corrected chi connectivity index (χ0v) is 68.6. The van der Waals surface area contributed by atoms with Crippen LogP contribution < -0.4 is 20.4 Å². The molecule has 0 radical (unpaired) electrons. The Hall–Kier alpha value is -11.1. The molecule has 26 heteroatoms. The lowest BCUT2D eigenvalue weighted by atomic mass is 10.0. The quantitative estimate of drug-likeness (QED) is 0.0346. The second-order valence-electron chi connectivity index (χ2n) is 26.4. The molecule has 0 fully saturated rings. The van der Waals surface area contributed by atoms with Crippen LogP contribution in [0.1, 0.15) is 33.4 Å². The molecule has 0 spiro atoms. The number of rotatable bonds is 28. The summed E-state index contributed by atoms with van der Waals surface area (Å²) in [7, 11) is 0. The average molecular weight is 1730 g/mol. The van der Waals surface area contributed by atoms with E-state index in [9.17, 15) is 40.5 Å². The van der Waals surface area contributed by atoms with E-state index in [2.05, 4.69) is 69.0 Å². The Morgan fingerprint density at radius 3 is 0.733 bits per heavy atom. The Balaban J connectivity index is 0.000000208. The lowest BCUT2D eigenvalue weighted by molar-refractivity contribution is -0.385. The van der Waals surface area contributed by atoms with Crippen molar-refractivity contribution in [3.05, 3.63) is 417 Å². The zero-order valence-electron chi connectivity index (χ0n) is 60.9. The second-order valence-corrected chi connectivity index (χ2v) is 31.7. The number of anilines is 4. The summed E-state index contributed by atoms with van der Waals surface area (Å²) in [5.41, 5.74) is 13.0. The van der Waals surface area contributed by atoms with Gasteiger partial charge in [-0.2, -0.15) is 0 Å². The first-order valence-electron chi connectivity index (χ1n) is 35.8. The van der Waals surface area contributed by atoms with Crippen LogP contribution >= 0.6 is 116 Å². The molecule has 0 aliphatic carbocycles. The second kappa shape index (κ2) is 38.6. The molecule has 0 heterocycles. The van der Waals surface area contributed by atoms with Crippen molar-refractivity contribution in [3.8, 4) is 44.5 Å². The van der Waals surface area contributed by atoms with E-state index in [4.69, 9.17) is 92.8 Å². The zero-order chi connectivity index (χ0) is 81.5. The van der Waals surface area contributed by atoms with Gasteiger partial charge in [0.25, 0.3) is 22.7 Å². The summed E-state index contributed by atoms with van der Waals surface area (Å²) >= 11 is 59.4. The highest BCUT2D eigenvalue weighted by Crippen LogP contribution is 2.54. The largest absolute Gasteiger partial charge is 0.380 e. The van der Waals surface area contributed by atoms with Crippen molar-refractivity contribution in [1.29, 1.82) is 0 Å². The van der Waals surface area contributed by atoms with Crippen LogP contribution in [0.2, 0.25) is 40.2 Å². The van der Waals surface area contributed by atoms with Gasteiger partial charge in [-0.1, -0.05) is 298 Å². The first kappa shape index (κ1) is 82.9. The van der Waals surface area contributed by atoms with Gasteiger partial charge < -0.3 is 20.4 Å². The maximum atomic E-state index is 11.8. The Kier molecular flexibility index (Phi) is 27.5. The normalized spacial score (nSPS) is 11.0. The molecule has 0 amide bonds. The molecule has 14 rings (SSSR count). The summed E-state index contributed by atoms with van der Waals surface area (Å²) in [6, 6.07) is 92.6. The van der Waals surface area contributed by atoms with E-state index in [-0.39, 0.29) is 42.8 Å². The maximum Gasteiger partial charge on any atom is 0.270 e. The number of hydrogen-bond donors (Lipinski definition) is 2. The van der Waals surface area contributed by atoms with Crippen LogP contribution in [0.5, 0.6) is 0 Å². The van der Waals surface area contributed by atoms with Crippen molar-refractivity contribution >= 4 is 162 Å². The fourth-order valence-corrected chi connectivity index (χ4v) is 17.5. The third-order valence-electron chi connectivity index (χ3n) is 18.8. The fourth-order valence-electron chi connectivity index (χ4n) is 13.2. The van der Waals surface area contributed by atoms with Gasteiger partial charge in [0.2, 0.25) is 0 Å². The van der Waals surface area contributed by atoms with E-state index in [0.29, 0.717) is 135 Å². The first-order chi connectivity index (χ1) is 56.1. The third kappa shape index (κ3) is 20.0. The van der Waals surface area contributed by atoms with Crippen molar-refractivity contribution in [1.82, 2.24) is 0 Å². The molecule has 14 aromatic rings. The van der Waals surface area contributed by atoms with Crippen LogP contribution in [-0.2, 0) is 39.3 Å². The van der Waals surface area contributed by atoms with Gasteiger partial charge in [-0.05, 0) is 106 Å². The predicted molar refractivity (Wildman–Crippen MR) is 476 cm³/mol. The Morgan fingerprint density at radius 2 is 0.491 bits per heavy atom. The smallest absolute Gasteiger partial charge is 0.270 e. The van der Waals surface area contributed by atoms with Crippen molar-refractivity contribution in [3.63, 3.8) is 0 Å². The summed E-state index contributed by atoms with van der Waals surface area (Å²) in [4.78, 5) is 51.6. The minimum atomic E-state index is -0.507. The highest BCUT2D eigenvalue weighted by atomic mass is 35.5. The van der Waals surface area contributed by atoms with Crippen molar-refractivity contribution < 1.29 is 19.7 Å². The van der Waals surface area contributed by atoms with Crippen LogP contribution in [-0.4, -0.2) is 19.7 Å². The monoisotopic (exact) mass is 1730 g/mol. The van der Waals surface area contributed by atoms with Crippen LogP contribution in [0.25, 0.3) is 44.5 Å². The van der Waals surface area contributed by atoms with Gasteiger partial charge in [0.15, 0.2) is 0 Å². The summed E-state index contributed by atoms with van der Waals surface area (Å²) in [6.45, 7) is 3.06. The van der Waals surface area contributed by atoms with Crippen molar-refractivity contribution in [2.24, 2.45) is 0 Å². The summed E-state index contributed by atoms with van der Waals surface area (Å²) < 4.78 is 0. The SMILES string of the molecule is O=[N+]([O-])c1ccc(-c2c(N(Cc3ccccc3)Cc3ccccc3)ccc(Sc3ccc(N(Cc4ccccc4)Cc4ccccc4)c(-c4ccc([N+](=O)[O-])cc4Cl)c3Cl)c2Cl)c(Cl)c1.O=[N+]([O-])c1ccc(-c2c(NCc3ccccc3)ccc(Sc3ccc(NCc4ccccc4)c(-c4ccc([N+](=O)[O-])cc4Cl)c3Cl)c2Cl)c(Cl)c1. The van der Waals surface area contributed by atoms with Gasteiger partial charge in [-0.3, -0.25) is 40.5 Å². The molecule has 16 nitrogen and oxygen atoms in total. The van der Waals surface area contributed by atoms with Crippen LogP contribution in [0.15, 0.2) is 323 Å². The number of nitrogens with one attached hydrogen (secondary N) is 2. The van der Waals surface area contributed by atoms with E-state index in [1.807, 2.05) is 182 Å². The molecule has 0 aliphatic rings. The standard InChI is InChI=1S/C52H38Cl4N4O4S.C38H26Cl4N4O4S/c53-43-29-39(59(61)62)21-23-41(43)49-45(57(31-35-13-5-1-6-14-35)32-36-15-7-2-8-16-36)25-27-47(51(49)55)65-48-28-26-46(50(52(48)56)42-24-22-40(60(63)64)30-44(42)54)58(33-37-17-9-3-10-18-37)34-38-19-11-4-12-20-38;39-29-19-25(45(47)48)11-13-27(29)35-31(43-21-23-7-3-1-4-8-23)15-17-33(37(35)41)51-34-18-16-32(44-22-24-9-5-2-6-10-24)36(38(34)42)28-14-12-26(46(49)50)20-30(28)40/h1-30H,31-34H2;1-20,43-44H,21-22H2. The molecule has 0 aromatic heterocycles. The van der Waals surface area contributed by atoms with E-state index >= 15 is 0 Å². The highest BCUT2D eigenvalue weighted by Gasteiger charge is 2.29. The Labute approximate surface area is 716 Å². The number of benzene rings is 14. The highest BCUT2D eigenvalue weighted by molar-refractivity contribution is 8.00. The molecule has 2 N–H and O–H groups in total. The predicted octanol–water partition coefficient (Wildman–Crippen LogP) is 28.8. The number of halogens is 8. The molecule has 0 saturated carbocycles. The van der Waals surface area contributed by atoms with E-state index in [1.165, 1.54) is 72.1 Å². The minimum Gasteiger partial charge on any atom is -0.380 e. The van der Waals surface area contributed by atoms with Gasteiger partial charge in [-0.25, -0.2) is 0 Å². The minimum absolute atomic E-state index is 0.144. The van der Waals surface area contributed by atoms with Gasteiger partial charge in [-0.15, -0.1) is 0 Å². The van der Waals surface area contributed by atoms with Crippen molar-refractivity contribution in [2.75, 3.05) is 20.4 Å². The Morgan fingerprint density at radius 1 is 0.267 bits per heavy atom. The summed E-state index contributed by atoms with van der Waals surface area (Å²) in [5.74, 6) is 0. The van der Waals surface area contributed by atoms with Gasteiger partial charge in [0, 0.05) is 175 Å². The molecule has 580 valence electrons. The number of nitro benzene ring substituents is 4. The number of hydrogen-bond acceptors (Lipinski definition) is 14. The molecule has 0 unspecified atom stereocenters. The molecule has 0 atom stereocenters. The fraction of sp³-hybridized carbons (Fsp3) is 0.0667. The summed E-state index contributed by atoms with van der Waals surface area (Å²) in [5, 5.41) is 55.6.